The van der Waals surface area contributed by atoms with Crippen molar-refractivity contribution < 1.29 is 18.3 Å². The van der Waals surface area contributed by atoms with Crippen molar-refractivity contribution in [1.29, 1.82) is 0 Å². The van der Waals surface area contributed by atoms with Crippen LogP contribution in [0.5, 0.6) is 11.5 Å². The molecule has 1 heterocycles. The van der Waals surface area contributed by atoms with Crippen LogP contribution in [0.1, 0.15) is 5.56 Å². The molecule has 5 nitrogen and oxygen atoms in total. The van der Waals surface area contributed by atoms with Crippen molar-refractivity contribution in [3.05, 3.63) is 107 Å². The number of rotatable bonds is 5. The highest BCUT2D eigenvalue weighted by Crippen LogP contribution is 2.34. The van der Waals surface area contributed by atoms with Gasteiger partial charge in [0.25, 0.3) is 0 Å². The number of carbonyl (C=O) groups excluding carboxylic acids is 1. The first kappa shape index (κ1) is 21.0. The molecule has 0 fully saturated rings. The van der Waals surface area contributed by atoms with Gasteiger partial charge in [-0.3, -0.25) is 9.59 Å². The van der Waals surface area contributed by atoms with Crippen LogP contribution >= 0.6 is 0 Å². The minimum Gasteiger partial charge on any atom is -0.452 e. The van der Waals surface area contributed by atoms with Gasteiger partial charge in [0.05, 0.1) is 11.2 Å². The van der Waals surface area contributed by atoms with E-state index in [1.54, 1.807) is 60.2 Å². The number of anilines is 1. The Morgan fingerprint density at radius 1 is 1.06 bits per heavy atom. The van der Waals surface area contributed by atoms with E-state index in [-0.39, 0.29) is 16.9 Å². The Morgan fingerprint density at radius 2 is 1.81 bits per heavy atom. The Balaban J connectivity index is 1.94. The van der Waals surface area contributed by atoms with Crippen LogP contribution in [0.15, 0.2) is 84.3 Å². The van der Waals surface area contributed by atoms with Crippen LogP contribution in [0.4, 0.5) is 14.5 Å². The molecule has 7 heteroatoms. The third-order valence-electron chi connectivity index (χ3n) is 4.87. The summed E-state index contributed by atoms with van der Waals surface area (Å²) in [7, 11) is 0. The van der Waals surface area contributed by atoms with Crippen LogP contribution in [0.25, 0.3) is 16.6 Å². The molecule has 1 aromatic heterocycles. The van der Waals surface area contributed by atoms with E-state index in [9.17, 15) is 18.4 Å². The highest BCUT2D eigenvalue weighted by Gasteiger charge is 2.15. The largest absolute Gasteiger partial charge is 0.452 e. The van der Waals surface area contributed by atoms with Gasteiger partial charge in [-0.05, 0) is 55.5 Å². The fourth-order valence-corrected chi connectivity index (χ4v) is 3.35. The van der Waals surface area contributed by atoms with Crippen LogP contribution in [0, 0.1) is 18.6 Å². The van der Waals surface area contributed by atoms with Crippen molar-refractivity contribution in [3.63, 3.8) is 0 Å². The van der Waals surface area contributed by atoms with Gasteiger partial charge in [-0.1, -0.05) is 18.7 Å². The molecule has 0 radical (unpaired) electrons. The van der Waals surface area contributed by atoms with Crippen LogP contribution in [-0.4, -0.2) is 10.5 Å². The summed E-state index contributed by atoms with van der Waals surface area (Å²) < 4.78 is 35.1. The molecule has 0 saturated heterocycles. The predicted molar refractivity (Wildman–Crippen MR) is 120 cm³/mol. The number of nitrogens with one attached hydrogen (secondary N) is 1. The lowest BCUT2D eigenvalue weighted by Gasteiger charge is -2.18. The lowest BCUT2D eigenvalue weighted by molar-refractivity contribution is -0.111. The van der Waals surface area contributed by atoms with Gasteiger partial charge in [0.1, 0.15) is 5.82 Å². The quantitative estimate of drug-likeness (QED) is 0.424. The number of hydrogen-bond donors (Lipinski definition) is 1. The second-order valence-electron chi connectivity index (χ2n) is 7.08. The molecule has 0 aliphatic rings. The molecule has 0 spiro atoms. The van der Waals surface area contributed by atoms with E-state index in [0.29, 0.717) is 27.8 Å². The lowest BCUT2D eigenvalue weighted by Crippen LogP contribution is -2.12. The number of aryl methyl sites for hydroxylation is 1. The number of hydrogen-bond acceptors (Lipinski definition) is 3. The molecular weight excluding hydrogens is 414 g/mol. The van der Waals surface area contributed by atoms with Crippen molar-refractivity contribution >= 4 is 22.5 Å². The van der Waals surface area contributed by atoms with E-state index in [4.69, 9.17) is 4.74 Å². The fraction of sp³-hybridized carbons (Fsp3) is 0.0400. The standard InChI is InChI=1S/C25H18F2N2O3/c1-3-24(30)28-17-9-11-23(32-22-10-8-16(26)12-19(22)27)21(13-17)29-14-15(2)25(31)18-6-4-5-7-20(18)29/h3-14H,1H2,2H3,(H,28,30). The average molecular weight is 432 g/mol. The number of aromatic nitrogens is 1. The average Bonchev–Trinajstić information content (AvgIpc) is 2.79. The van der Waals surface area contributed by atoms with Gasteiger partial charge in [-0.15, -0.1) is 0 Å². The first-order chi connectivity index (χ1) is 15.4. The maximum absolute atomic E-state index is 14.3. The van der Waals surface area contributed by atoms with Crippen molar-refractivity contribution in [2.75, 3.05) is 5.32 Å². The first-order valence-electron chi connectivity index (χ1n) is 9.69. The molecule has 0 bridgehead atoms. The molecule has 3 aromatic carbocycles. The maximum atomic E-state index is 14.3. The van der Waals surface area contributed by atoms with Gasteiger partial charge in [0, 0.05) is 28.9 Å². The third kappa shape index (κ3) is 4.00. The zero-order valence-electron chi connectivity index (χ0n) is 17.1. The molecule has 0 aliphatic heterocycles. The van der Waals surface area contributed by atoms with Gasteiger partial charge in [0.15, 0.2) is 22.7 Å². The number of pyridine rings is 1. The van der Waals surface area contributed by atoms with E-state index in [2.05, 4.69) is 11.9 Å². The molecule has 0 atom stereocenters. The van der Waals surface area contributed by atoms with Crippen LogP contribution in [0.2, 0.25) is 0 Å². The van der Waals surface area contributed by atoms with Gasteiger partial charge in [-0.25, -0.2) is 8.78 Å². The van der Waals surface area contributed by atoms with Gasteiger partial charge >= 0.3 is 0 Å². The third-order valence-corrected chi connectivity index (χ3v) is 4.87. The Morgan fingerprint density at radius 3 is 2.56 bits per heavy atom. The number of ether oxygens (including phenoxy) is 1. The molecule has 4 rings (SSSR count). The molecule has 1 N–H and O–H groups in total. The van der Waals surface area contributed by atoms with Crippen LogP contribution in [-0.2, 0) is 4.79 Å². The number of carbonyl (C=O) groups is 1. The van der Waals surface area contributed by atoms with Gasteiger partial charge in [-0.2, -0.15) is 0 Å². The van der Waals surface area contributed by atoms with E-state index < -0.39 is 17.5 Å². The summed E-state index contributed by atoms with van der Waals surface area (Å²) in [6.45, 7) is 5.13. The fourth-order valence-electron chi connectivity index (χ4n) is 3.35. The topological polar surface area (TPSA) is 60.3 Å². The zero-order valence-corrected chi connectivity index (χ0v) is 17.1. The van der Waals surface area contributed by atoms with E-state index in [1.165, 1.54) is 6.07 Å². The summed E-state index contributed by atoms with van der Waals surface area (Å²) in [6.07, 6.45) is 2.78. The normalized spacial score (nSPS) is 10.7. The molecule has 32 heavy (non-hydrogen) atoms. The number of para-hydroxylation sites is 1. The minimum atomic E-state index is -0.860. The van der Waals surface area contributed by atoms with E-state index >= 15 is 0 Å². The Hall–Kier alpha value is -4.26. The lowest BCUT2D eigenvalue weighted by atomic mass is 10.1. The minimum absolute atomic E-state index is 0.111. The van der Waals surface area contributed by atoms with Crippen molar-refractivity contribution in [2.45, 2.75) is 6.92 Å². The summed E-state index contributed by atoms with van der Waals surface area (Å²) >= 11 is 0. The number of amides is 1. The molecule has 0 unspecified atom stereocenters. The maximum Gasteiger partial charge on any atom is 0.247 e. The van der Waals surface area contributed by atoms with E-state index in [1.807, 2.05) is 0 Å². The smallest absolute Gasteiger partial charge is 0.247 e. The summed E-state index contributed by atoms with van der Waals surface area (Å²) in [5.74, 6) is -1.92. The van der Waals surface area contributed by atoms with Crippen molar-refractivity contribution in [2.24, 2.45) is 0 Å². The first-order valence-corrected chi connectivity index (χ1v) is 9.69. The van der Waals surface area contributed by atoms with Gasteiger partial charge < -0.3 is 14.6 Å². The van der Waals surface area contributed by atoms with Crippen LogP contribution < -0.4 is 15.5 Å². The van der Waals surface area contributed by atoms with Crippen molar-refractivity contribution in [1.82, 2.24) is 4.57 Å². The molecule has 1 amide bonds. The Bertz CT molecular complexity index is 1430. The molecule has 0 saturated carbocycles. The second-order valence-corrected chi connectivity index (χ2v) is 7.08. The summed E-state index contributed by atoms with van der Waals surface area (Å²) in [5.41, 5.74) is 1.86. The zero-order chi connectivity index (χ0) is 22.8. The number of halogens is 2. The number of nitrogens with zero attached hydrogens (tertiary/aromatic N) is 1. The monoisotopic (exact) mass is 432 g/mol. The van der Waals surface area contributed by atoms with Crippen molar-refractivity contribution in [3.8, 4) is 17.2 Å². The van der Waals surface area contributed by atoms with E-state index in [0.717, 1.165) is 18.2 Å². The Labute approximate surface area is 182 Å². The molecular formula is C25H18F2N2O3. The number of benzene rings is 3. The summed E-state index contributed by atoms with van der Waals surface area (Å²) in [6, 6.07) is 14.8. The summed E-state index contributed by atoms with van der Waals surface area (Å²) in [4.78, 5) is 24.4. The summed E-state index contributed by atoms with van der Waals surface area (Å²) in [5, 5.41) is 3.17. The predicted octanol–water partition coefficient (Wildman–Crippen LogP) is 5.49. The van der Waals surface area contributed by atoms with Crippen LogP contribution in [0.3, 0.4) is 0 Å². The molecule has 4 aromatic rings. The number of fused-ring (bicyclic) bond motifs is 1. The SMILES string of the molecule is C=CC(=O)Nc1ccc(Oc2ccc(F)cc2F)c(-n2cc(C)c(=O)c3ccccc32)c1. The second kappa shape index (κ2) is 8.47. The molecule has 160 valence electrons. The highest BCUT2D eigenvalue weighted by atomic mass is 19.1. The Kier molecular flexibility index (Phi) is 5.55. The van der Waals surface area contributed by atoms with Gasteiger partial charge in [0.2, 0.25) is 5.91 Å². The highest BCUT2D eigenvalue weighted by molar-refractivity contribution is 5.99. The molecule has 0 aliphatic carbocycles.